The van der Waals surface area contributed by atoms with E-state index in [-0.39, 0.29) is 24.5 Å². The second kappa shape index (κ2) is 4.10. The van der Waals surface area contributed by atoms with Crippen LogP contribution in [0.3, 0.4) is 0 Å². The Morgan fingerprint density at radius 3 is 2.28 bits per heavy atom. The van der Waals surface area contributed by atoms with Crippen LogP contribution in [0.2, 0.25) is 0 Å². The van der Waals surface area contributed by atoms with Gasteiger partial charge in [0, 0.05) is 12.6 Å². The van der Waals surface area contributed by atoms with Gasteiger partial charge in [0.05, 0.1) is 5.60 Å². The van der Waals surface area contributed by atoms with E-state index in [1.54, 1.807) is 0 Å². The Morgan fingerprint density at radius 1 is 1.06 bits per heavy atom. The zero-order chi connectivity index (χ0) is 12.9. The van der Waals surface area contributed by atoms with E-state index in [1.807, 2.05) is 0 Å². The first-order chi connectivity index (χ1) is 8.45. The van der Waals surface area contributed by atoms with Crippen molar-refractivity contribution in [2.24, 2.45) is 0 Å². The van der Waals surface area contributed by atoms with Crippen molar-refractivity contribution in [1.82, 2.24) is 5.32 Å². The van der Waals surface area contributed by atoms with Crippen LogP contribution >= 0.6 is 0 Å². The number of ether oxygens (including phenoxy) is 1. The molecule has 3 aliphatic rings. The Bertz CT molecular complexity index is 319. The first kappa shape index (κ1) is 12.7. The third kappa shape index (κ3) is 2.16. The molecular formula is C13H20F3NO. The molecule has 5 heteroatoms. The summed E-state index contributed by atoms with van der Waals surface area (Å²) in [6.07, 6.45) is 2.17. The number of hydrogen-bond donors (Lipinski definition) is 1. The van der Waals surface area contributed by atoms with Gasteiger partial charge in [-0.1, -0.05) is 12.8 Å². The van der Waals surface area contributed by atoms with Crippen LogP contribution < -0.4 is 5.32 Å². The van der Waals surface area contributed by atoms with E-state index in [9.17, 15) is 13.2 Å². The van der Waals surface area contributed by atoms with E-state index in [0.29, 0.717) is 13.0 Å². The van der Waals surface area contributed by atoms with Crippen molar-refractivity contribution in [2.45, 2.75) is 74.7 Å². The lowest BCUT2D eigenvalue weighted by atomic mass is 9.88. The fraction of sp³-hybridized carbons (Fsp3) is 1.00. The Hall–Kier alpha value is -0.290. The smallest absolute Gasteiger partial charge is 0.375 e. The van der Waals surface area contributed by atoms with Gasteiger partial charge in [-0.05, 0) is 38.5 Å². The van der Waals surface area contributed by atoms with Gasteiger partial charge in [-0.25, -0.2) is 0 Å². The lowest BCUT2D eigenvalue weighted by Gasteiger charge is -2.40. The lowest BCUT2D eigenvalue weighted by molar-refractivity contribution is -0.172. The van der Waals surface area contributed by atoms with Gasteiger partial charge in [0.25, 0.3) is 0 Å². The molecule has 2 saturated carbocycles. The normalized spacial score (nSPS) is 33.8. The second-order valence-corrected chi connectivity index (χ2v) is 6.15. The first-order valence-electron chi connectivity index (χ1n) is 6.93. The van der Waals surface area contributed by atoms with Gasteiger partial charge < -0.3 is 10.1 Å². The Kier molecular flexibility index (Phi) is 2.90. The fourth-order valence-corrected chi connectivity index (χ4v) is 3.54. The van der Waals surface area contributed by atoms with Gasteiger partial charge in [0.15, 0.2) is 0 Å². The van der Waals surface area contributed by atoms with Crippen molar-refractivity contribution in [3.05, 3.63) is 0 Å². The molecule has 0 aromatic carbocycles. The lowest BCUT2D eigenvalue weighted by Crippen LogP contribution is -2.54. The molecule has 3 fully saturated rings. The van der Waals surface area contributed by atoms with Crippen molar-refractivity contribution >= 4 is 0 Å². The van der Waals surface area contributed by atoms with Crippen LogP contribution in [-0.4, -0.2) is 30.0 Å². The Morgan fingerprint density at radius 2 is 1.72 bits per heavy atom. The maximum absolute atomic E-state index is 12.9. The highest BCUT2D eigenvalue weighted by Crippen LogP contribution is 2.50. The van der Waals surface area contributed by atoms with Crippen LogP contribution in [-0.2, 0) is 4.74 Å². The molecule has 18 heavy (non-hydrogen) atoms. The molecule has 104 valence electrons. The van der Waals surface area contributed by atoms with Gasteiger partial charge in [-0.15, -0.1) is 0 Å². The van der Waals surface area contributed by atoms with Gasteiger partial charge in [-0.2, -0.15) is 13.2 Å². The zero-order valence-corrected chi connectivity index (χ0v) is 10.5. The number of nitrogens with one attached hydrogen (secondary N) is 1. The van der Waals surface area contributed by atoms with Gasteiger partial charge >= 0.3 is 6.18 Å². The van der Waals surface area contributed by atoms with Gasteiger partial charge in [-0.3, -0.25) is 0 Å². The number of alkyl halides is 3. The van der Waals surface area contributed by atoms with Crippen LogP contribution in [0.5, 0.6) is 0 Å². The Labute approximate surface area is 105 Å². The third-order valence-electron chi connectivity index (χ3n) is 4.78. The maximum Gasteiger partial charge on any atom is 0.406 e. The summed E-state index contributed by atoms with van der Waals surface area (Å²) in [4.78, 5) is 0. The van der Waals surface area contributed by atoms with Crippen molar-refractivity contribution in [3.63, 3.8) is 0 Å². The molecule has 0 aromatic rings. The second-order valence-electron chi connectivity index (χ2n) is 6.15. The van der Waals surface area contributed by atoms with Crippen LogP contribution in [0.15, 0.2) is 0 Å². The van der Waals surface area contributed by atoms with Crippen LogP contribution in [0.1, 0.15) is 51.4 Å². The third-order valence-corrected chi connectivity index (χ3v) is 4.78. The summed E-state index contributed by atoms with van der Waals surface area (Å²) in [6.45, 7) is 0.603. The molecule has 0 bridgehead atoms. The van der Waals surface area contributed by atoms with Crippen LogP contribution in [0.4, 0.5) is 13.2 Å². The molecule has 1 unspecified atom stereocenters. The predicted molar refractivity (Wildman–Crippen MR) is 61.3 cm³/mol. The molecule has 0 amide bonds. The largest absolute Gasteiger partial charge is 0.406 e. The van der Waals surface area contributed by atoms with Crippen LogP contribution in [0.25, 0.3) is 0 Å². The maximum atomic E-state index is 12.9. The van der Waals surface area contributed by atoms with Crippen molar-refractivity contribution in [1.29, 1.82) is 0 Å². The monoisotopic (exact) mass is 263 g/mol. The first-order valence-corrected chi connectivity index (χ1v) is 6.93. The summed E-state index contributed by atoms with van der Waals surface area (Å²) in [5, 5.41) is 2.89. The van der Waals surface area contributed by atoms with Crippen molar-refractivity contribution in [2.75, 3.05) is 6.61 Å². The highest BCUT2D eigenvalue weighted by molar-refractivity contribution is 5.10. The highest BCUT2D eigenvalue weighted by Gasteiger charge is 2.64. The Balaban J connectivity index is 1.63. The molecule has 3 rings (SSSR count). The fourth-order valence-electron chi connectivity index (χ4n) is 3.54. The van der Waals surface area contributed by atoms with Gasteiger partial charge in [0.2, 0.25) is 0 Å². The topological polar surface area (TPSA) is 21.3 Å². The van der Waals surface area contributed by atoms with Crippen molar-refractivity contribution in [3.8, 4) is 0 Å². The van der Waals surface area contributed by atoms with E-state index in [4.69, 9.17) is 4.74 Å². The molecule has 0 aromatic heterocycles. The molecule has 1 spiro atoms. The summed E-state index contributed by atoms with van der Waals surface area (Å²) in [7, 11) is 0. The molecule has 2 aliphatic carbocycles. The predicted octanol–water partition coefficient (Wildman–Crippen LogP) is 3.16. The number of hydrogen-bond acceptors (Lipinski definition) is 2. The minimum Gasteiger partial charge on any atom is -0.375 e. The summed E-state index contributed by atoms with van der Waals surface area (Å²) >= 11 is 0. The molecule has 1 heterocycles. The number of halogens is 3. The van der Waals surface area contributed by atoms with Crippen molar-refractivity contribution < 1.29 is 17.9 Å². The molecule has 1 N–H and O–H groups in total. The van der Waals surface area contributed by atoms with E-state index in [1.165, 1.54) is 0 Å². The standard InChI is InChI=1S/C13H20F3NO/c14-13(15,16)12(6-7-12)17-10-3-8-18-11(9-10)4-1-2-5-11/h10,17H,1-9H2. The van der Waals surface area contributed by atoms with Crippen LogP contribution in [0, 0.1) is 0 Å². The molecule has 1 aliphatic heterocycles. The van der Waals surface area contributed by atoms with Gasteiger partial charge in [0.1, 0.15) is 5.54 Å². The highest BCUT2D eigenvalue weighted by atomic mass is 19.4. The minimum absolute atomic E-state index is 0.0269. The average molecular weight is 263 g/mol. The average Bonchev–Trinajstić information content (AvgIpc) is 2.95. The molecular weight excluding hydrogens is 243 g/mol. The summed E-state index contributed by atoms with van der Waals surface area (Å²) < 4.78 is 44.6. The van der Waals surface area contributed by atoms with E-state index >= 15 is 0 Å². The van der Waals surface area contributed by atoms with E-state index < -0.39 is 11.7 Å². The minimum atomic E-state index is -4.10. The molecule has 2 nitrogen and oxygen atoms in total. The van der Waals surface area contributed by atoms with E-state index in [0.717, 1.165) is 32.1 Å². The molecule has 1 atom stereocenters. The molecule has 0 radical (unpaired) electrons. The zero-order valence-electron chi connectivity index (χ0n) is 10.5. The number of rotatable bonds is 2. The summed E-state index contributed by atoms with van der Waals surface area (Å²) in [5.41, 5.74) is -1.69. The summed E-state index contributed by atoms with van der Waals surface area (Å²) in [5.74, 6) is 0. The SMILES string of the molecule is FC(F)(F)C1(NC2CCOC3(CCCC3)C2)CC1. The quantitative estimate of drug-likeness (QED) is 0.826. The summed E-state index contributed by atoms with van der Waals surface area (Å²) in [6, 6.07) is -0.0269. The van der Waals surface area contributed by atoms with E-state index in [2.05, 4.69) is 5.32 Å². The molecule has 1 saturated heterocycles.